The maximum atomic E-state index is 12.5. The summed E-state index contributed by atoms with van der Waals surface area (Å²) in [5.41, 5.74) is 2.68. The molecule has 1 fully saturated rings. The van der Waals surface area contributed by atoms with Crippen molar-refractivity contribution in [3.63, 3.8) is 0 Å². The van der Waals surface area contributed by atoms with Gasteiger partial charge < -0.3 is 19.9 Å². The number of fused-ring (bicyclic) bond motifs is 1. The van der Waals surface area contributed by atoms with Crippen molar-refractivity contribution >= 4 is 28.5 Å². The third-order valence-corrected chi connectivity index (χ3v) is 5.18. The number of rotatable bonds is 5. The minimum atomic E-state index is -0.482. The fraction of sp³-hybridized carbons (Fsp3) is 0.500. The summed E-state index contributed by atoms with van der Waals surface area (Å²) < 4.78 is 4.86. The zero-order chi connectivity index (χ0) is 18.7. The maximum absolute atomic E-state index is 12.5. The number of esters is 1. The van der Waals surface area contributed by atoms with Gasteiger partial charge in [-0.2, -0.15) is 0 Å². The SMILES string of the molecule is COC(=O)c1[nH]c2ccc(C)cc2c1NC(=O)CC[NH+]1CCC[C@H](C)C1. The van der Waals surface area contributed by atoms with E-state index in [1.165, 1.54) is 24.9 Å². The number of aromatic amines is 1. The maximum Gasteiger partial charge on any atom is 0.356 e. The molecule has 140 valence electrons. The number of anilines is 1. The van der Waals surface area contributed by atoms with Gasteiger partial charge in [0.05, 0.1) is 38.9 Å². The number of likely N-dealkylation sites (tertiary alicyclic amines) is 1. The van der Waals surface area contributed by atoms with Gasteiger partial charge in [0.1, 0.15) is 5.69 Å². The number of ether oxygens (including phenoxy) is 1. The van der Waals surface area contributed by atoms with Gasteiger partial charge in [-0.3, -0.25) is 4.79 Å². The zero-order valence-electron chi connectivity index (χ0n) is 15.8. The van der Waals surface area contributed by atoms with E-state index in [1.807, 2.05) is 25.1 Å². The largest absolute Gasteiger partial charge is 0.464 e. The summed E-state index contributed by atoms with van der Waals surface area (Å²) in [5, 5.41) is 3.77. The van der Waals surface area contributed by atoms with Crippen LogP contribution in [0.5, 0.6) is 0 Å². The lowest BCUT2D eigenvalue weighted by Gasteiger charge is -2.27. The van der Waals surface area contributed by atoms with Crippen molar-refractivity contribution in [2.75, 3.05) is 32.1 Å². The van der Waals surface area contributed by atoms with E-state index in [9.17, 15) is 9.59 Å². The molecule has 1 aliphatic heterocycles. The number of piperidine rings is 1. The molecule has 1 aromatic heterocycles. The van der Waals surface area contributed by atoms with Gasteiger partial charge in [0.25, 0.3) is 0 Å². The second kappa shape index (κ2) is 7.91. The third kappa shape index (κ3) is 4.07. The minimum absolute atomic E-state index is 0.0664. The number of carbonyl (C=O) groups excluding carboxylic acids is 2. The highest BCUT2D eigenvalue weighted by Gasteiger charge is 2.23. The van der Waals surface area contributed by atoms with E-state index in [0.717, 1.165) is 42.0 Å². The number of methoxy groups -OCH3 is 1. The molecule has 26 heavy (non-hydrogen) atoms. The summed E-state index contributed by atoms with van der Waals surface area (Å²) in [6, 6.07) is 5.84. The smallest absolute Gasteiger partial charge is 0.356 e. The summed E-state index contributed by atoms with van der Waals surface area (Å²) >= 11 is 0. The molecule has 1 unspecified atom stereocenters. The quantitative estimate of drug-likeness (QED) is 0.715. The Kier molecular flexibility index (Phi) is 5.61. The fourth-order valence-corrected chi connectivity index (χ4v) is 3.81. The van der Waals surface area contributed by atoms with Gasteiger partial charge in [-0.15, -0.1) is 0 Å². The molecule has 1 aliphatic rings. The number of hydrogen-bond acceptors (Lipinski definition) is 3. The molecule has 0 bridgehead atoms. The summed E-state index contributed by atoms with van der Waals surface area (Å²) in [6.07, 6.45) is 2.96. The zero-order valence-corrected chi connectivity index (χ0v) is 15.8. The first-order valence-electron chi connectivity index (χ1n) is 9.32. The number of nitrogens with one attached hydrogen (secondary N) is 3. The van der Waals surface area contributed by atoms with Gasteiger partial charge >= 0.3 is 5.97 Å². The Labute approximate surface area is 153 Å². The monoisotopic (exact) mass is 358 g/mol. The molecular formula is C20H28N3O3+. The van der Waals surface area contributed by atoms with Gasteiger partial charge in [-0.25, -0.2) is 4.79 Å². The van der Waals surface area contributed by atoms with Crippen molar-refractivity contribution < 1.29 is 19.2 Å². The number of H-pyrrole nitrogens is 1. The van der Waals surface area contributed by atoms with Crippen molar-refractivity contribution in [1.29, 1.82) is 0 Å². The fourth-order valence-electron chi connectivity index (χ4n) is 3.81. The highest BCUT2D eigenvalue weighted by atomic mass is 16.5. The van der Waals surface area contributed by atoms with Crippen LogP contribution in [0.2, 0.25) is 0 Å². The van der Waals surface area contributed by atoms with E-state index in [0.29, 0.717) is 17.8 Å². The molecule has 0 saturated carbocycles. The topological polar surface area (TPSA) is 75.6 Å². The summed E-state index contributed by atoms with van der Waals surface area (Å²) in [5.74, 6) is 0.178. The van der Waals surface area contributed by atoms with Crippen molar-refractivity contribution in [2.45, 2.75) is 33.1 Å². The first-order chi connectivity index (χ1) is 12.5. The van der Waals surface area contributed by atoms with Gasteiger partial charge in [0, 0.05) is 16.8 Å². The van der Waals surface area contributed by atoms with Crippen LogP contribution in [0.15, 0.2) is 18.2 Å². The van der Waals surface area contributed by atoms with Gasteiger partial charge in [-0.1, -0.05) is 18.6 Å². The van der Waals surface area contributed by atoms with E-state index in [2.05, 4.69) is 17.2 Å². The van der Waals surface area contributed by atoms with Crippen molar-refractivity contribution in [3.8, 4) is 0 Å². The first kappa shape index (κ1) is 18.5. The number of carbonyl (C=O) groups is 2. The Morgan fingerprint density at radius 3 is 2.92 bits per heavy atom. The van der Waals surface area contributed by atoms with Gasteiger partial charge in [-0.05, 0) is 31.9 Å². The number of quaternary nitrogens is 1. The van der Waals surface area contributed by atoms with E-state index >= 15 is 0 Å². The average molecular weight is 358 g/mol. The second-order valence-corrected chi connectivity index (χ2v) is 7.42. The molecule has 1 saturated heterocycles. The number of aryl methyl sites for hydroxylation is 1. The molecule has 1 amide bonds. The summed E-state index contributed by atoms with van der Waals surface area (Å²) in [7, 11) is 1.34. The molecule has 2 aromatic rings. The third-order valence-electron chi connectivity index (χ3n) is 5.18. The Morgan fingerprint density at radius 1 is 1.38 bits per heavy atom. The van der Waals surface area contributed by atoms with Crippen molar-refractivity contribution in [1.82, 2.24) is 4.98 Å². The van der Waals surface area contributed by atoms with Crippen molar-refractivity contribution in [3.05, 3.63) is 29.5 Å². The van der Waals surface area contributed by atoms with E-state index in [-0.39, 0.29) is 5.91 Å². The average Bonchev–Trinajstić information content (AvgIpc) is 2.97. The van der Waals surface area contributed by atoms with Crippen molar-refractivity contribution in [2.24, 2.45) is 5.92 Å². The Hall–Kier alpha value is -2.34. The number of amides is 1. The van der Waals surface area contributed by atoms with Crippen LogP contribution in [-0.2, 0) is 9.53 Å². The predicted octanol–water partition coefficient (Wildman–Crippen LogP) is 1.91. The van der Waals surface area contributed by atoms with Crippen LogP contribution in [0.1, 0.15) is 42.2 Å². The lowest BCUT2D eigenvalue weighted by atomic mass is 10.0. The molecule has 2 atom stereocenters. The van der Waals surface area contributed by atoms with Crippen LogP contribution >= 0.6 is 0 Å². The van der Waals surface area contributed by atoms with Crippen LogP contribution < -0.4 is 10.2 Å². The molecule has 6 heteroatoms. The van der Waals surface area contributed by atoms with E-state index in [1.54, 1.807) is 0 Å². The molecule has 6 nitrogen and oxygen atoms in total. The van der Waals surface area contributed by atoms with E-state index < -0.39 is 5.97 Å². The van der Waals surface area contributed by atoms with Gasteiger partial charge in [0.2, 0.25) is 5.91 Å². The summed E-state index contributed by atoms with van der Waals surface area (Å²) in [6.45, 7) is 7.35. The minimum Gasteiger partial charge on any atom is -0.464 e. The molecule has 0 aliphatic carbocycles. The molecule has 0 radical (unpaired) electrons. The van der Waals surface area contributed by atoms with E-state index in [4.69, 9.17) is 4.74 Å². The number of hydrogen-bond donors (Lipinski definition) is 3. The molecular weight excluding hydrogens is 330 g/mol. The standard InChI is InChI=1S/C20H27N3O3/c1-13-6-7-16-15(11-13)18(19(21-16)20(25)26-3)22-17(24)8-10-23-9-4-5-14(2)12-23/h6-7,11,14,21H,4-5,8-10,12H2,1-3H3,(H,22,24)/p+1/t14-/m0/s1. The van der Waals surface area contributed by atoms with Crippen LogP contribution in [0.4, 0.5) is 5.69 Å². The van der Waals surface area contributed by atoms with Gasteiger partial charge in [0.15, 0.2) is 0 Å². The lowest BCUT2D eigenvalue weighted by Crippen LogP contribution is -3.13. The second-order valence-electron chi connectivity index (χ2n) is 7.42. The van der Waals surface area contributed by atoms with Crippen LogP contribution in [0.25, 0.3) is 10.9 Å². The molecule has 0 spiro atoms. The lowest BCUT2D eigenvalue weighted by molar-refractivity contribution is -0.907. The molecule has 2 heterocycles. The number of benzene rings is 1. The summed E-state index contributed by atoms with van der Waals surface area (Å²) in [4.78, 5) is 29.2. The molecule has 3 N–H and O–H groups in total. The van der Waals surface area contributed by atoms with Crippen LogP contribution in [0, 0.1) is 12.8 Å². The number of aromatic nitrogens is 1. The normalized spacial score (nSPS) is 20.1. The Balaban J connectivity index is 1.75. The predicted molar refractivity (Wildman–Crippen MR) is 102 cm³/mol. The highest BCUT2D eigenvalue weighted by Crippen LogP contribution is 2.29. The van der Waals surface area contributed by atoms with Crippen LogP contribution in [0.3, 0.4) is 0 Å². The first-order valence-corrected chi connectivity index (χ1v) is 9.32. The Bertz CT molecular complexity index is 812. The Morgan fingerprint density at radius 2 is 2.19 bits per heavy atom. The molecule has 3 rings (SSSR count). The molecule has 1 aromatic carbocycles. The van der Waals surface area contributed by atoms with Crippen LogP contribution in [-0.4, -0.2) is 43.6 Å². The highest BCUT2D eigenvalue weighted by molar-refractivity contribution is 6.11.